The molecule has 7 heteroatoms. The lowest BCUT2D eigenvalue weighted by atomic mass is 9.92. The van der Waals surface area contributed by atoms with E-state index in [1.165, 1.54) is 11.6 Å². The van der Waals surface area contributed by atoms with Gasteiger partial charge >= 0.3 is 0 Å². The molecule has 7 rings (SSSR count). The van der Waals surface area contributed by atoms with Gasteiger partial charge in [0.15, 0.2) is 17.5 Å². The zero-order chi connectivity index (χ0) is 27.4. The third-order valence-corrected chi connectivity index (χ3v) is 7.47. The maximum atomic E-state index is 15.7. The molecule has 3 heterocycles. The zero-order valence-electron chi connectivity index (χ0n) is 22.4. The minimum absolute atomic E-state index is 0.282. The Morgan fingerprint density at radius 2 is 1.60 bits per heavy atom. The highest BCUT2D eigenvalue weighted by Crippen LogP contribution is 2.48. The Morgan fingerprint density at radius 3 is 2.40 bits per heavy atom. The van der Waals surface area contributed by atoms with Crippen LogP contribution in [0.1, 0.15) is 34.0 Å². The second-order valence-electron chi connectivity index (χ2n) is 10.2. The van der Waals surface area contributed by atoms with Crippen molar-refractivity contribution in [3.63, 3.8) is 0 Å². The largest absolute Gasteiger partial charge is 0.335 e. The Balaban J connectivity index is 1.55. The van der Waals surface area contributed by atoms with Crippen molar-refractivity contribution < 1.29 is 4.39 Å². The Bertz CT molecular complexity index is 1840. The van der Waals surface area contributed by atoms with Crippen molar-refractivity contribution in [1.82, 2.24) is 9.78 Å². The van der Waals surface area contributed by atoms with Gasteiger partial charge in [-0.3, -0.25) is 0 Å². The quantitative estimate of drug-likeness (QED) is 0.262. The second-order valence-corrected chi connectivity index (χ2v) is 10.2. The molecular formula is C33H27FN6. The van der Waals surface area contributed by atoms with E-state index in [0.29, 0.717) is 23.1 Å². The topological polar surface area (TPSA) is 57.8 Å². The number of benzene rings is 4. The van der Waals surface area contributed by atoms with E-state index in [-0.39, 0.29) is 5.82 Å². The van der Waals surface area contributed by atoms with Crippen LogP contribution in [0, 0.1) is 26.6 Å². The highest BCUT2D eigenvalue weighted by molar-refractivity contribution is 6.52. The molecular weight excluding hydrogens is 499 g/mol. The van der Waals surface area contributed by atoms with E-state index in [2.05, 4.69) is 36.2 Å². The third kappa shape index (κ3) is 3.81. The first-order valence-electron chi connectivity index (χ1n) is 13.3. The summed E-state index contributed by atoms with van der Waals surface area (Å²) < 4.78 is 17.5. The maximum absolute atomic E-state index is 15.7. The summed E-state index contributed by atoms with van der Waals surface area (Å²) in [6.45, 7) is 6.09. The average Bonchev–Trinajstić information content (AvgIpc) is 3.30. The van der Waals surface area contributed by atoms with E-state index in [0.717, 1.165) is 39.6 Å². The number of aliphatic imine (C=N–C) groups is 2. The Labute approximate surface area is 232 Å². The van der Waals surface area contributed by atoms with E-state index in [4.69, 9.17) is 15.1 Å². The fourth-order valence-corrected chi connectivity index (χ4v) is 5.62. The summed E-state index contributed by atoms with van der Waals surface area (Å²) in [4.78, 5) is 12.4. The highest BCUT2D eigenvalue weighted by atomic mass is 19.1. The van der Waals surface area contributed by atoms with E-state index >= 15 is 4.39 Å². The summed E-state index contributed by atoms with van der Waals surface area (Å²) in [5.74, 6) is 1.58. The summed E-state index contributed by atoms with van der Waals surface area (Å²) in [6, 6.07) is 30.5. The van der Waals surface area contributed by atoms with Crippen molar-refractivity contribution in [1.29, 1.82) is 0 Å². The predicted octanol–water partition coefficient (Wildman–Crippen LogP) is 7.73. The molecule has 0 saturated carbocycles. The number of rotatable bonds is 3. The van der Waals surface area contributed by atoms with Crippen LogP contribution in [0.5, 0.6) is 0 Å². The normalized spacial score (nSPS) is 16.6. The lowest BCUT2D eigenvalue weighted by Crippen LogP contribution is -2.48. The number of anilines is 2. The molecule has 0 spiro atoms. The molecule has 6 nitrogen and oxygen atoms in total. The number of para-hydroxylation sites is 3. The molecule has 5 aromatic rings. The van der Waals surface area contributed by atoms with Crippen molar-refractivity contribution >= 4 is 34.6 Å². The smallest absolute Gasteiger partial charge is 0.179 e. The first kappa shape index (κ1) is 24.0. The number of nitrogens with zero attached hydrogens (tertiary/aromatic N) is 5. The van der Waals surface area contributed by atoms with Crippen LogP contribution in [0.3, 0.4) is 0 Å². The molecule has 40 heavy (non-hydrogen) atoms. The van der Waals surface area contributed by atoms with Crippen LogP contribution in [0.2, 0.25) is 0 Å². The van der Waals surface area contributed by atoms with Crippen molar-refractivity contribution in [2.75, 3.05) is 10.2 Å². The van der Waals surface area contributed by atoms with Gasteiger partial charge in [0.2, 0.25) is 0 Å². The van der Waals surface area contributed by atoms with Gasteiger partial charge in [0, 0.05) is 11.1 Å². The number of aryl methyl sites for hydroxylation is 3. The van der Waals surface area contributed by atoms with E-state index in [1.807, 2.05) is 84.4 Å². The molecule has 0 amide bonds. The summed E-state index contributed by atoms with van der Waals surface area (Å²) in [5.41, 5.74) is 7.94. The van der Waals surface area contributed by atoms with Crippen molar-refractivity contribution in [2.45, 2.75) is 26.8 Å². The molecule has 2 aliphatic heterocycles. The molecule has 4 aromatic carbocycles. The number of halogens is 1. The number of amidine groups is 2. The lowest BCUT2D eigenvalue weighted by molar-refractivity contribution is 0.597. The van der Waals surface area contributed by atoms with Gasteiger partial charge in [-0.15, -0.1) is 0 Å². The number of nitrogens with one attached hydrogen (secondary N) is 1. The van der Waals surface area contributed by atoms with Crippen LogP contribution in [0.15, 0.2) is 107 Å². The summed E-state index contributed by atoms with van der Waals surface area (Å²) in [7, 11) is 0. The fourth-order valence-electron chi connectivity index (χ4n) is 5.62. The van der Waals surface area contributed by atoms with Crippen LogP contribution in [-0.4, -0.2) is 21.5 Å². The van der Waals surface area contributed by atoms with Crippen LogP contribution >= 0.6 is 0 Å². The van der Waals surface area contributed by atoms with Crippen LogP contribution in [0.25, 0.3) is 5.69 Å². The molecule has 0 saturated heterocycles. The number of fused-ring (bicyclic) bond motifs is 4. The predicted molar refractivity (Wildman–Crippen MR) is 159 cm³/mol. The number of hydrogen-bond donors (Lipinski definition) is 1. The van der Waals surface area contributed by atoms with E-state index < -0.39 is 6.04 Å². The Hall–Kier alpha value is -5.04. The van der Waals surface area contributed by atoms with Gasteiger partial charge in [0.25, 0.3) is 0 Å². The Morgan fingerprint density at radius 1 is 0.850 bits per heavy atom. The van der Waals surface area contributed by atoms with Gasteiger partial charge in [-0.1, -0.05) is 66.2 Å². The maximum Gasteiger partial charge on any atom is 0.179 e. The minimum Gasteiger partial charge on any atom is -0.335 e. The second kappa shape index (κ2) is 9.31. The van der Waals surface area contributed by atoms with Gasteiger partial charge in [0.1, 0.15) is 5.82 Å². The summed E-state index contributed by atoms with van der Waals surface area (Å²) in [6.07, 6.45) is 0. The monoisotopic (exact) mass is 526 g/mol. The van der Waals surface area contributed by atoms with Crippen LogP contribution in [0.4, 0.5) is 27.3 Å². The van der Waals surface area contributed by atoms with Crippen molar-refractivity contribution in [3.8, 4) is 5.69 Å². The molecule has 0 fully saturated rings. The minimum atomic E-state index is -0.506. The molecule has 0 bridgehead atoms. The van der Waals surface area contributed by atoms with Crippen LogP contribution in [-0.2, 0) is 0 Å². The number of hydrogen-bond acceptors (Lipinski definition) is 4. The molecule has 1 N–H and O–H groups in total. The molecule has 0 radical (unpaired) electrons. The first-order chi connectivity index (χ1) is 19.5. The van der Waals surface area contributed by atoms with Gasteiger partial charge < -0.3 is 10.2 Å². The molecule has 0 aliphatic carbocycles. The molecule has 1 unspecified atom stereocenters. The summed E-state index contributed by atoms with van der Waals surface area (Å²) in [5, 5.41) is 8.44. The van der Waals surface area contributed by atoms with E-state index in [1.54, 1.807) is 6.07 Å². The Kier molecular flexibility index (Phi) is 5.59. The summed E-state index contributed by atoms with van der Waals surface area (Å²) >= 11 is 0. The third-order valence-electron chi connectivity index (χ3n) is 7.47. The zero-order valence-corrected chi connectivity index (χ0v) is 22.4. The van der Waals surface area contributed by atoms with Gasteiger partial charge in [0.05, 0.1) is 34.5 Å². The first-order valence-corrected chi connectivity index (χ1v) is 13.3. The SMILES string of the molecule is Cc1ccc(N=C2Nc3ccccc3N3C2=Nc2c(c(C)nn2-c2ccccc2)C3c2ccccc2F)c(C)c1. The average molecular weight is 527 g/mol. The number of aromatic nitrogens is 2. The van der Waals surface area contributed by atoms with Gasteiger partial charge in [-0.25, -0.2) is 19.1 Å². The fraction of sp³-hybridized carbons (Fsp3) is 0.121. The van der Waals surface area contributed by atoms with Crippen molar-refractivity contribution in [3.05, 3.63) is 131 Å². The highest BCUT2D eigenvalue weighted by Gasteiger charge is 2.42. The van der Waals surface area contributed by atoms with E-state index in [9.17, 15) is 0 Å². The van der Waals surface area contributed by atoms with Crippen LogP contribution < -0.4 is 10.2 Å². The van der Waals surface area contributed by atoms with Gasteiger partial charge in [-0.2, -0.15) is 5.10 Å². The molecule has 196 valence electrons. The van der Waals surface area contributed by atoms with Gasteiger partial charge in [-0.05, 0) is 62.7 Å². The molecule has 1 atom stereocenters. The lowest BCUT2D eigenvalue weighted by Gasteiger charge is -2.42. The molecule has 1 aromatic heterocycles. The standard InChI is InChI=1S/C33H27FN6/c1-20-17-18-26(21(2)19-20)35-31-33-37-32-29(22(3)38-40(32)23-11-5-4-6-12-23)30(24-13-7-8-14-25(24)34)39(33)28-16-10-9-15-27(28)36-31/h4-19,30H,1-3H3,(H,35,36). The molecule has 2 aliphatic rings. The van der Waals surface area contributed by atoms with Crippen molar-refractivity contribution in [2.24, 2.45) is 9.98 Å².